The van der Waals surface area contributed by atoms with Crippen molar-refractivity contribution >= 4 is 23.4 Å². The van der Waals surface area contributed by atoms with E-state index in [0.29, 0.717) is 43.3 Å². The van der Waals surface area contributed by atoms with E-state index < -0.39 is 0 Å². The third-order valence-corrected chi connectivity index (χ3v) is 5.76. The molecule has 0 N–H and O–H groups in total. The van der Waals surface area contributed by atoms with Gasteiger partial charge in [0.2, 0.25) is 5.91 Å². The molecule has 2 aromatic carbocycles. The second-order valence-electron chi connectivity index (χ2n) is 7.58. The van der Waals surface area contributed by atoms with Crippen LogP contribution in [0, 0.1) is 6.92 Å². The summed E-state index contributed by atoms with van der Waals surface area (Å²) in [6.07, 6.45) is 0.838. The summed E-state index contributed by atoms with van der Waals surface area (Å²) in [5.74, 6) is 0.0552. The summed E-state index contributed by atoms with van der Waals surface area (Å²) in [5, 5.41) is 0.478. The molecular weight excluding hydrogens is 386 g/mol. The molecule has 1 heterocycles. The second kappa shape index (κ2) is 9.90. The van der Waals surface area contributed by atoms with E-state index in [-0.39, 0.29) is 11.8 Å². The maximum Gasteiger partial charge on any atom is 0.255 e. The number of likely N-dealkylation sites (N-methyl/N-ethyl adjacent to an activating group) is 1. The molecule has 1 aliphatic rings. The Morgan fingerprint density at radius 3 is 2.48 bits per heavy atom. The second-order valence-corrected chi connectivity index (χ2v) is 7.99. The Bertz CT molecular complexity index is 871. The summed E-state index contributed by atoms with van der Waals surface area (Å²) in [5.41, 5.74) is 2.89. The number of halogens is 1. The normalized spacial score (nSPS) is 15.1. The fourth-order valence-corrected chi connectivity index (χ4v) is 3.80. The van der Waals surface area contributed by atoms with Crippen LogP contribution in [0.15, 0.2) is 48.5 Å². The highest BCUT2D eigenvalue weighted by Crippen LogP contribution is 2.18. The number of amides is 2. The van der Waals surface area contributed by atoms with Gasteiger partial charge in [0.1, 0.15) is 0 Å². The van der Waals surface area contributed by atoms with Gasteiger partial charge in [-0.2, -0.15) is 0 Å². The van der Waals surface area contributed by atoms with Gasteiger partial charge in [0.15, 0.2) is 0 Å². The lowest BCUT2D eigenvalue weighted by Gasteiger charge is -2.25. The summed E-state index contributed by atoms with van der Waals surface area (Å²) in [7, 11) is 1.85. The molecule has 154 valence electrons. The van der Waals surface area contributed by atoms with E-state index in [0.717, 1.165) is 18.5 Å². The van der Waals surface area contributed by atoms with Crippen molar-refractivity contribution < 1.29 is 9.59 Å². The number of benzene rings is 2. The van der Waals surface area contributed by atoms with Crippen LogP contribution in [0.25, 0.3) is 0 Å². The summed E-state index contributed by atoms with van der Waals surface area (Å²) in [6, 6.07) is 15.3. The van der Waals surface area contributed by atoms with Crippen molar-refractivity contribution in [2.75, 3.05) is 39.8 Å². The van der Waals surface area contributed by atoms with Gasteiger partial charge in [-0.25, -0.2) is 0 Å². The number of carbonyl (C=O) groups is 2. The zero-order valence-corrected chi connectivity index (χ0v) is 17.9. The molecule has 0 radical (unpaired) electrons. The van der Waals surface area contributed by atoms with Gasteiger partial charge in [0.05, 0.1) is 17.1 Å². The third-order valence-electron chi connectivity index (χ3n) is 5.43. The van der Waals surface area contributed by atoms with E-state index in [1.54, 1.807) is 17.0 Å². The predicted molar refractivity (Wildman–Crippen MR) is 116 cm³/mol. The summed E-state index contributed by atoms with van der Waals surface area (Å²) >= 11 is 6.18. The molecule has 0 saturated carbocycles. The lowest BCUT2D eigenvalue weighted by molar-refractivity contribution is -0.131. The van der Waals surface area contributed by atoms with Crippen LogP contribution in [0.3, 0.4) is 0 Å². The Morgan fingerprint density at radius 2 is 1.72 bits per heavy atom. The van der Waals surface area contributed by atoms with Crippen molar-refractivity contribution in [3.05, 3.63) is 70.2 Å². The van der Waals surface area contributed by atoms with Crippen LogP contribution >= 0.6 is 11.6 Å². The Morgan fingerprint density at radius 1 is 1.00 bits per heavy atom. The molecule has 5 nitrogen and oxygen atoms in total. The SMILES string of the molecule is Cc1ccccc1CN(C)C(=O)CN1CCCN(C(=O)c2ccccc2Cl)CC1. The highest BCUT2D eigenvalue weighted by Gasteiger charge is 2.23. The molecule has 29 heavy (non-hydrogen) atoms. The first-order chi connectivity index (χ1) is 14.0. The molecule has 1 saturated heterocycles. The number of aryl methyl sites for hydroxylation is 1. The zero-order valence-electron chi connectivity index (χ0n) is 17.1. The maximum atomic E-state index is 12.8. The van der Waals surface area contributed by atoms with Crippen LogP contribution < -0.4 is 0 Å². The average molecular weight is 414 g/mol. The van der Waals surface area contributed by atoms with Gasteiger partial charge in [-0.15, -0.1) is 0 Å². The van der Waals surface area contributed by atoms with Crippen LogP contribution in [-0.2, 0) is 11.3 Å². The Hall–Kier alpha value is -2.37. The van der Waals surface area contributed by atoms with E-state index in [2.05, 4.69) is 24.0 Å². The van der Waals surface area contributed by atoms with Crippen molar-refractivity contribution in [2.24, 2.45) is 0 Å². The van der Waals surface area contributed by atoms with E-state index in [1.807, 2.05) is 36.2 Å². The van der Waals surface area contributed by atoms with E-state index >= 15 is 0 Å². The van der Waals surface area contributed by atoms with Crippen LogP contribution in [0.5, 0.6) is 0 Å². The van der Waals surface area contributed by atoms with Gasteiger partial charge >= 0.3 is 0 Å². The first-order valence-corrected chi connectivity index (χ1v) is 10.4. The van der Waals surface area contributed by atoms with Gasteiger partial charge in [-0.1, -0.05) is 48.0 Å². The largest absolute Gasteiger partial charge is 0.340 e. The van der Waals surface area contributed by atoms with Gasteiger partial charge in [0, 0.05) is 39.8 Å². The quantitative estimate of drug-likeness (QED) is 0.754. The number of carbonyl (C=O) groups excluding carboxylic acids is 2. The molecular formula is C23H28ClN3O2. The van der Waals surface area contributed by atoms with Crippen molar-refractivity contribution in [3.63, 3.8) is 0 Å². The summed E-state index contributed by atoms with van der Waals surface area (Å²) in [6.45, 7) is 5.79. The fraction of sp³-hybridized carbons (Fsp3) is 0.391. The van der Waals surface area contributed by atoms with Crippen molar-refractivity contribution in [2.45, 2.75) is 19.9 Å². The van der Waals surface area contributed by atoms with E-state index in [4.69, 9.17) is 11.6 Å². The number of hydrogen-bond donors (Lipinski definition) is 0. The summed E-state index contributed by atoms with van der Waals surface area (Å²) < 4.78 is 0. The Balaban J connectivity index is 1.54. The molecule has 3 rings (SSSR count). The minimum Gasteiger partial charge on any atom is -0.340 e. The fourth-order valence-electron chi connectivity index (χ4n) is 3.58. The van der Waals surface area contributed by atoms with Crippen molar-refractivity contribution in [1.82, 2.24) is 14.7 Å². The molecule has 0 unspecified atom stereocenters. The Labute approximate surface area is 177 Å². The standard InChI is InChI=1S/C23H28ClN3O2/c1-18-8-3-4-9-19(18)16-25(2)22(28)17-26-12-7-13-27(15-14-26)23(29)20-10-5-6-11-21(20)24/h3-6,8-11H,7,12-17H2,1-2H3. The molecule has 0 spiro atoms. The minimum absolute atomic E-state index is 0.0413. The highest BCUT2D eigenvalue weighted by molar-refractivity contribution is 6.33. The Kier molecular flexibility index (Phi) is 7.29. The number of rotatable bonds is 5. The average Bonchev–Trinajstić information content (AvgIpc) is 2.95. The molecule has 0 aromatic heterocycles. The van der Waals surface area contributed by atoms with E-state index in [1.165, 1.54) is 5.56 Å². The smallest absolute Gasteiger partial charge is 0.255 e. The molecule has 6 heteroatoms. The monoisotopic (exact) mass is 413 g/mol. The molecule has 1 aliphatic heterocycles. The molecule has 0 aliphatic carbocycles. The molecule has 0 atom stereocenters. The first kappa shape index (κ1) is 21.3. The van der Waals surface area contributed by atoms with Crippen molar-refractivity contribution in [3.8, 4) is 0 Å². The van der Waals surface area contributed by atoms with Crippen LogP contribution in [0.4, 0.5) is 0 Å². The topological polar surface area (TPSA) is 43.9 Å². The lowest BCUT2D eigenvalue weighted by Crippen LogP contribution is -2.40. The maximum absolute atomic E-state index is 12.8. The number of hydrogen-bond acceptors (Lipinski definition) is 3. The molecule has 0 bridgehead atoms. The highest BCUT2D eigenvalue weighted by atomic mass is 35.5. The third kappa shape index (κ3) is 5.58. The lowest BCUT2D eigenvalue weighted by atomic mass is 10.1. The van der Waals surface area contributed by atoms with Crippen LogP contribution in [-0.4, -0.2) is 66.3 Å². The van der Waals surface area contributed by atoms with Gasteiger partial charge < -0.3 is 9.80 Å². The molecule has 2 amide bonds. The minimum atomic E-state index is -0.0413. The van der Waals surface area contributed by atoms with Crippen molar-refractivity contribution in [1.29, 1.82) is 0 Å². The van der Waals surface area contributed by atoms with Gasteiger partial charge in [0.25, 0.3) is 5.91 Å². The van der Waals surface area contributed by atoms with Gasteiger partial charge in [-0.3, -0.25) is 14.5 Å². The van der Waals surface area contributed by atoms with Crippen LogP contribution in [0.1, 0.15) is 27.9 Å². The molecule has 1 fully saturated rings. The zero-order chi connectivity index (χ0) is 20.8. The number of nitrogens with zero attached hydrogens (tertiary/aromatic N) is 3. The van der Waals surface area contributed by atoms with E-state index in [9.17, 15) is 9.59 Å². The van der Waals surface area contributed by atoms with Gasteiger partial charge in [-0.05, 0) is 36.6 Å². The molecule has 2 aromatic rings. The summed E-state index contributed by atoms with van der Waals surface area (Å²) in [4.78, 5) is 31.2. The first-order valence-electron chi connectivity index (χ1n) is 10.0. The predicted octanol–water partition coefficient (Wildman–Crippen LogP) is 3.45. The van der Waals surface area contributed by atoms with Crippen LogP contribution in [0.2, 0.25) is 5.02 Å².